The summed E-state index contributed by atoms with van der Waals surface area (Å²) in [5.41, 5.74) is 0. The highest BCUT2D eigenvalue weighted by Crippen LogP contribution is 2.11. The molecular formula is C11H22N2O3. The maximum absolute atomic E-state index is 11.5. The van der Waals surface area contributed by atoms with Crippen molar-refractivity contribution in [3.05, 3.63) is 0 Å². The van der Waals surface area contributed by atoms with Crippen molar-refractivity contribution in [1.82, 2.24) is 9.80 Å². The van der Waals surface area contributed by atoms with Crippen LogP contribution in [0.1, 0.15) is 13.3 Å². The van der Waals surface area contributed by atoms with E-state index in [1.54, 1.807) is 19.0 Å². The lowest BCUT2D eigenvalue weighted by molar-refractivity contribution is -0.130. The predicted molar refractivity (Wildman–Crippen MR) is 61.2 cm³/mol. The molecule has 1 amide bonds. The number of ether oxygens (including phenoxy) is 1. The molecule has 0 radical (unpaired) electrons. The first kappa shape index (κ1) is 13.4. The van der Waals surface area contributed by atoms with Gasteiger partial charge in [0.15, 0.2) is 0 Å². The Balaban J connectivity index is 2.36. The van der Waals surface area contributed by atoms with Gasteiger partial charge in [-0.25, -0.2) is 0 Å². The summed E-state index contributed by atoms with van der Waals surface area (Å²) in [5, 5.41) is 9.03. The first-order valence-electron chi connectivity index (χ1n) is 5.71. The zero-order chi connectivity index (χ0) is 12.1. The minimum absolute atomic E-state index is 0.0465. The van der Waals surface area contributed by atoms with Gasteiger partial charge in [-0.3, -0.25) is 9.69 Å². The van der Waals surface area contributed by atoms with Gasteiger partial charge in [0.1, 0.15) is 0 Å². The Labute approximate surface area is 97.0 Å². The molecule has 0 spiro atoms. The summed E-state index contributed by atoms with van der Waals surface area (Å²) in [4.78, 5) is 15.3. The van der Waals surface area contributed by atoms with Crippen LogP contribution in [0.15, 0.2) is 0 Å². The van der Waals surface area contributed by atoms with Crippen molar-refractivity contribution in [2.45, 2.75) is 25.5 Å². The van der Waals surface area contributed by atoms with Crippen molar-refractivity contribution < 1.29 is 14.6 Å². The summed E-state index contributed by atoms with van der Waals surface area (Å²) in [6.07, 6.45) is 0.417. The molecule has 1 heterocycles. The van der Waals surface area contributed by atoms with Crippen LogP contribution in [0.4, 0.5) is 0 Å². The van der Waals surface area contributed by atoms with Crippen molar-refractivity contribution in [3.8, 4) is 0 Å². The molecule has 16 heavy (non-hydrogen) atoms. The van der Waals surface area contributed by atoms with E-state index >= 15 is 0 Å². The standard InChI is InChI=1S/C11H22N2O3/c1-9-8-16-10(7-14)6-13(9)5-4-11(15)12(2)3/h9-10,14H,4-8H2,1-3H3. The maximum atomic E-state index is 11.5. The fourth-order valence-corrected chi connectivity index (χ4v) is 1.76. The summed E-state index contributed by atoms with van der Waals surface area (Å²) in [7, 11) is 3.53. The molecule has 1 saturated heterocycles. The summed E-state index contributed by atoms with van der Waals surface area (Å²) in [6.45, 7) is 4.19. The van der Waals surface area contributed by atoms with Gasteiger partial charge in [0, 0.05) is 39.6 Å². The highest BCUT2D eigenvalue weighted by Gasteiger charge is 2.25. The smallest absolute Gasteiger partial charge is 0.223 e. The summed E-state index contributed by atoms with van der Waals surface area (Å²) < 4.78 is 5.44. The summed E-state index contributed by atoms with van der Waals surface area (Å²) in [6, 6.07) is 0.317. The number of hydrogen-bond donors (Lipinski definition) is 1. The average molecular weight is 230 g/mol. The Morgan fingerprint density at radius 1 is 1.56 bits per heavy atom. The predicted octanol–water partition coefficient (Wildman–Crippen LogP) is -0.454. The fourth-order valence-electron chi connectivity index (χ4n) is 1.76. The molecule has 1 fully saturated rings. The highest BCUT2D eigenvalue weighted by molar-refractivity contribution is 5.75. The summed E-state index contributed by atoms with van der Waals surface area (Å²) >= 11 is 0. The molecule has 1 N–H and O–H groups in total. The fraction of sp³-hybridized carbons (Fsp3) is 0.909. The van der Waals surface area contributed by atoms with Gasteiger partial charge < -0.3 is 14.7 Å². The second-order valence-corrected chi connectivity index (χ2v) is 4.52. The molecule has 2 atom stereocenters. The van der Waals surface area contributed by atoms with E-state index in [-0.39, 0.29) is 18.6 Å². The number of rotatable bonds is 4. The Bertz CT molecular complexity index is 233. The van der Waals surface area contributed by atoms with E-state index in [4.69, 9.17) is 9.84 Å². The van der Waals surface area contributed by atoms with E-state index < -0.39 is 0 Å². The van der Waals surface area contributed by atoms with Crippen LogP contribution in [0.2, 0.25) is 0 Å². The normalized spacial score (nSPS) is 26.8. The molecule has 0 saturated carbocycles. The van der Waals surface area contributed by atoms with Crippen molar-refractivity contribution in [2.75, 3.05) is 40.4 Å². The molecule has 5 heteroatoms. The molecule has 1 aliphatic heterocycles. The van der Waals surface area contributed by atoms with E-state index in [9.17, 15) is 4.79 Å². The van der Waals surface area contributed by atoms with Gasteiger partial charge in [0.05, 0.1) is 19.3 Å². The third-order valence-corrected chi connectivity index (χ3v) is 2.95. The van der Waals surface area contributed by atoms with Gasteiger partial charge in [-0.05, 0) is 6.92 Å². The van der Waals surface area contributed by atoms with Crippen LogP contribution in [-0.4, -0.2) is 73.4 Å². The molecule has 0 aliphatic carbocycles. The lowest BCUT2D eigenvalue weighted by atomic mass is 10.2. The Morgan fingerprint density at radius 2 is 2.25 bits per heavy atom. The maximum Gasteiger partial charge on any atom is 0.223 e. The minimum atomic E-state index is -0.106. The zero-order valence-corrected chi connectivity index (χ0v) is 10.3. The van der Waals surface area contributed by atoms with Gasteiger partial charge in [-0.15, -0.1) is 0 Å². The monoisotopic (exact) mass is 230 g/mol. The second kappa shape index (κ2) is 6.18. The SMILES string of the molecule is CC1COC(CO)CN1CCC(=O)N(C)C. The zero-order valence-electron chi connectivity index (χ0n) is 10.3. The lowest BCUT2D eigenvalue weighted by Gasteiger charge is -2.37. The quantitative estimate of drug-likeness (QED) is 0.710. The van der Waals surface area contributed by atoms with Gasteiger partial charge in [0.2, 0.25) is 5.91 Å². The van der Waals surface area contributed by atoms with Crippen molar-refractivity contribution >= 4 is 5.91 Å². The molecule has 1 rings (SSSR count). The van der Waals surface area contributed by atoms with Crippen LogP contribution in [0.5, 0.6) is 0 Å². The number of hydrogen-bond acceptors (Lipinski definition) is 4. The van der Waals surface area contributed by atoms with Crippen LogP contribution >= 0.6 is 0 Å². The topological polar surface area (TPSA) is 53.0 Å². The number of nitrogens with zero attached hydrogens (tertiary/aromatic N) is 2. The third-order valence-electron chi connectivity index (χ3n) is 2.95. The molecule has 0 aromatic carbocycles. The third kappa shape index (κ3) is 3.73. The van der Waals surface area contributed by atoms with Crippen LogP contribution in [0, 0.1) is 0 Å². The van der Waals surface area contributed by atoms with E-state index in [0.717, 1.165) is 6.54 Å². The second-order valence-electron chi connectivity index (χ2n) is 4.52. The first-order valence-corrected chi connectivity index (χ1v) is 5.71. The lowest BCUT2D eigenvalue weighted by Crippen LogP contribution is -2.50. The van der Waals surface area contributed by atoms with Gasteiger partial charge >= 0.3 is 0 Å². The molecular weight excluding hydrogens is 208 g/mol. The van der Waals surface area contributed by atoms with Gasteiger partial charge in [-0.2, -0.15) is 0 Å². The van der Waals surface area contributed by atoms with E-state index in [1.807, 2.05) is 0 Å². The van der Waals surface area contributed by atoms with Crippen LogP contribution in [0.25, 0.3) is 0 Å². The van der Waals surface area contributed by atoms with Gasteiger partial charge in [0.25, 0.3) is 0 Å². The molecule has 0 aromatic heterocycles. The number of carbonyl (C=O) groups excluding carboxylic acids is 1. The van der Waals surface area contributed by atoms with Crippen LogP contribution in [0.3, 0.4) is 0 Å². The van der Waals surface area contributed by atoms with Crippen LogP contribution in [-0.2, 0) is 9.53 Å². The molecule has 0 aromatic rings. The molecule has 5 nitrogen and oxygen atoms in total. The molecule has 1 aliphatic rings. The van der Waals surface area contributed by atoms with Crippen molar-refractivity contribution in [1.29, 1.82) is 0 Å². The highest BCUT2D eigenvalue weighted by atomic mass is 16.5. The van der Waals surface area contributed by atoms with Crippen LogP contribution < -0.4 is 0 Å². The number of carbonyl (C=O) groups is 1. The minimum Gasteiger partial charge on any atom is -0.394 e. The Morgan fingerprint density at radius 3 is 2.81 bits per heavy atom. The molecule has 2 unspecified atom stereocenters. The van der Waals surface area contributed by atoms with E-state index in [2.05, 4.69) is 11.8 Å². The Kier molecular flexibility index (Phi) is 5.18. The van der Waals surface area contributed by atoms with E-state index in [0.29, 0.717) is 25.6 Å². The molecule has 94 valence electrons. The van der Waals surface area contributed by atoms with Gasteiger partial charge in [-0.1, -0.05) is 0 Å². The molecule has 0 bridgehead atoms. The number of aliphatic hydroxyl groups is 1. The largest absolute Gasteiger partial charge is 0.394 e. The number of amides is 1. The van der Waals surface area contributed by atoms with E-state index in [1.165, 1.54) is 0 Å². The first-order chi connectivity index (χ1) is 7.54. The number of aliphatic hydroxyl groups excluding tert-OH is 1. The van der Waals surface area contributed by atoms with Crippen molar-refractivity contribution in [2.24, 2.45) is 0 Å². The summed E-state index contributed by atoms with van der Waals surface area (Å²) in [5.74, 6) is 0.138. The average Bonchev–Trinajstić information content (AvgIpc) is 2.27. The Hall–Kier alpha value is -0.650. The van der Waals surface area contributed by atoms with Crippen molar-refractivity contribution in [3.63, 3.8) is 0 Å². The number of morpholine rings is 1.